The first-order valence-corrected chi connectivity index (χ1v) is 7.65. The van der Waals surface area contributed by atoms with Gasteiger partial charge in [-0.3, -0.25) is 4.90 Å². The van der Waals surface area contributed by atoms with Crippen molar-refractivity contribution in [2.75, 3.05) is 19.6 Å². The molecule has 1 N–H and O–H groups in total. The Morgan fingerprint density at radius 3 is 2.67 bits per heavy atom. The number of carbonyl (C=O) groups excluding carboxylic acids is 1. The van der Waals surface area contributed by atoms with E-state index in [-0.39, 0.29) is 6.09 Å². The van der Waals surface area contributed by atoms with Gasteiger partial charge in [-0.05, 0) is 46.8 Å². The summed E-state index contributed by atoms with van der Waals surface area (Å²) in [5.74, 6) is 0. The van der Waals surface area contributed by atoms with Gasteiger partial charge >= 0.3 is 6.09 Å². The number of ether oxygens (including phenoxy) is 1. The lowest BCUT2D eigenvalue weighted by Crippen LogP contribution is -2.54. The third-order valence-corrected chi connectivity index (χ3v) is 3.90. The molecule has 0 radical (unpaired) electrons. The van der Waals surface area contributed by atoms with Crippen molar-refractivity contribution in [2.24, 2.45) is 0 Å². The number of hydrogen-bond acceptors (Lipinski definition) is 3. The first-order valence-electron chi connectivity index (χ1n) is 7.65. The lowest BCUT2D eigenvalue weighted by Gasteiger charge is -2.42. The molecule has 1 aromatic rings. The van der Waals surface area contributed by atoms with Gasteiger partial charge in [-0.25, -0.2) is 4.79 Å². The molecule has 2 heterocycles. The average Bonchev–Trinajstić information content (AvgIpc) is 2.89. The maximum absolute atomic E-state index is 12.1. The van der Waals surface area contributed by atoms with E-state index in [4.69, 9.17) is 4.74 Å². The molecule has 0 aromatic carbocycles. The first kappa shape index (κ1) is 15.9. The van der Waals surface area contributed by atoms with Gasteiger partial charge in [-0.2, -0.15) is 0 Å². The maximum atomic E-state index is 12.1. The molecule has 1 aromatic heterocycles. The van der Waals surface area contributed by atoms with Crippen LogP contribution in [0.5, 0.6) is 0 Å². The Hall–Kier alpha value is -1.49. The minimum atomic E-state index is -0.436. The summed E-state index contributed by atoms with van der Waals surface area (Å²) in [6, 6.07) is 4.77. The highest BCUT2D eigenvalue weighted by Gasteiger charge is 2.32. The average molecular weight is 293 g/mol. The van der Waals surface area contributed by atoms with Crippen LogP contribution in [0, 0.1) is 0 Å². The molecule has 5 heteroatoms. The Bertz CT molecular complexity index is 464. The number of nitrogens with one attached hydrogen (secondary N) is 1. The highest BCUT2D eigenvalue weighted by molar-refractivity contribution is 5.68. The van der Waals surface area contributed by atoms with Crippen molar-refractivity contribution < 1.29 is 9.53 Å². The number of rotatable bonds is 2. The van der Waals surface area contributed by atoms with Gasteiger partial charge < -0.3 is 14.6 Å². The van der Waals surface area contributed by atoms with Crippen LogP contribution < -0.4 is 0 Å². The van der Waals surface area contributed by atoms with E-state index < -0.39 is 5.60 Å². The molecule has 0 saturated carbocycles. The summed E-state index contributed by atoms with van der Waals surface area (Å²) < 4.78 is 5.46. The normalized spacial score (nSPS) is 22.1. The number of nitrogens with zero attached hydrogens (tertiary/aromatic N) is 2. The molecule has 1 aliphatic rings. The van der Waals surface area contributed by atoms with Crippen LogP contribution in [0.4, 0.5) is 4.79 Å². The molecule has 5 nitrogen and oxygen atoms in total. The third-order valence-electron chi connectivity index (χ3n) is 3.90. The molecule has 0 spiro atoms. The second kappa shape index (κ2) is 6.10. The van der Waals surface area contributed by atoms with Crippen LogP contribution in [0.3, 0.4) is 0 Å². The molecule has 1 amide bonds. The van der Waals surface area contributed by atoms with Crippen LogP contribution in [0.25, 0.3) is 0 Å². The minimum Gasteiger partial charge on any atom is -0.444 e. The molecule has 1 fully saturated rings. The highest BCUT2D eigenvalue weighted by Crippen LogP contribution is 2.24. The maximum Gasteiger partial charge on any atom is 0.410 e. The number of H-pyrrole nitrogens is 1. The van der Waals surface area contributed by atoms with Crippen molar-refractivity contribution in [2.45, 2.75) is 52.3 Å². The van der Waals surface area contributed by atoms with Gasteiger partial charge in [0.05, 0.1) is 0 Å². The van der Waals surface area contributed by atoms with E-state index >= 15 is 0 Å². The molecular weight excluding hydrogens is 266 g/mol. The van der Waals surface area contributed by atoms with E-state index in [9.17, 15) is 4.79 Å². The number of aromatic nitrogens is 1. The Labute approximate surface area is 127 Å². The SMILES string of the molecule is C[C@@H]1CN(C(=O)OC(C)(C)C)CCN1[C@@H](C)c1ccc[nH]1. The second-order valence-electron chi connectivity index (χ2n) is 6.81. The summed E-state index contributed by atoms with van der Waals surface area (Å²) >= 11 is 0. The Balaban J connectivity index is 1.94. The number of piperazine rings is 1. The lowest BCUT2D eigenvalue weighted by molar-refractivity contribution is -0.000989. The van der Waals surface area contributed by atoms with Gasteiger partial charge in [-0.1, -0.05) is 0 Å². The lowest BCUT2D eigenvalue weighted by atomic mass is 10.1. The van der Waals surface area contributed by atoms with Gasteiger partial charge in [0.1, 0.15) is 5.60 Å². The topological polar surface area (TPSA) is 48.6 Å². The Morgan fingerprint density at radius 2 is 2.14 bits per heavy atom. The summed E-state index contributed by atoms with van der Waals surface area (Å²) in [6.45, 7) is 12.3. The molecule has 1 aliphatic heterocycles. The van der Waals surface area contributed by atoms with Crippen LogP contribution in [0.15, 0.2) is 18.3 Å². The minimum absolute atomic E-state index is 0.207. The predicted octanol–water partition coefficient (Wildman–Crippen LogP) is 3.02. The molecule has 0 bridgehead atoms. The zero-order valence-electron chi connectivity index (χ0n) is 13.7. The van der Waals surface area contributed by atoms with Gasteiger partial charge in [0.25, 0.3) is 0 Å². The van der Waals surface area contributed by atoms with Crippen LogP contribution in [-0.4, -0.2) is 52.2 Å². The van der Waals surface area contributed by atoms with Crippen molar-refractivity contribution in [1.82, 2.24) is 14.8 Å². The summed E-state index contributed by atoms with van der Waals surface area (Å²) in [4.78, 5) is 19.7. The molecule has 1 saturated heterocycles. The molecule has 2 rings (SSSR count). The van der Waals surface area contributed by atoms with E-state index in [2.05, 4.69) is 29.8 Å². The smallest absolute Gasteiger partial charge is 0.410 e. The molecule has 0 aliphatic carbocycles. The van der Waals surface area contributed by atoms with Crippen molar-refractivity contribution in [3.63, 3.8) is 0 Å². The fourth-order valence-electron chi connectivity index (χ4n) is 2.82. The van der Waals surface area contributed by atoms with Crippen molar-refractivity contribution in [3.05, 3.63) is 24.0 Å². The second-order valence-corrected chi connectivity index (χ2v) is 6.81. The standard InChI is InChI=1S/C16H27N3O2/c1-12-11-18(15(20)21-16(3,4)5)9-10-19(12)13(2)14-7-6-8-17-14/h6-8,12-13,17H,9-11H2,1-5H3/t12-,13+/m1/s1. The first-order chi connectivity index (χ1) is 9.78. The summed E-state index contributed by atoms with van der Waals surface area (Å²) in [5, 5.41) is 0. The molecule has 2 atom stereocenters. The van der Waals surface area contributed by atoms with Gasteiger partial charge in [0.15, 0.2) is 0 Å². The fraction of sp³-hybridized carbons (Fsp3) is 0.688. The van der Waals surface area contributed by atoms with Crippen molar-refractivity contribution in [3.8, 4) is 0 Å². The van der Waals surface area contributed by atoms with Crippen LogP contribution in [0.2, 0.25) is 0 Å². The molecular formula is C16H27N3O2. The van der Waals surface area contributed by atoms with Crippen LogP contribution in [0.1, 0.15) is 46.4 Å². The van der Waals surface area contributed by atoms with E-state index in [1.165, 1.54) is 5.69 Å². The van der Waals surface area contributed by atoms with Crippen molar-refractivity contribution >= 4 is 6.09 Å². The van der Waals surface area contributed by atoms with E-state index in [1.807, 2.05) is 37.9 Å². The summed E-state index contributed by atoms with van der Waals surface area (Å²) in [6.07, 6.45) is 1.74. The molecule has 21 heavy (non-hydrogen) atoms. The number of amides is 1. The number of aromatic amines is 1. The van der Waals surface area contributed by atoms with Gasteiger partial charge in [0.2, 0.25) is 0 Å². The number of carbonyl (C=O) groups is 1. The van der Waals surface area contributed by atoms with E-state index in [0.717, 1.165) is 6.54 Å². The summed E-state index contributed by atoms with van der Waals surface area (Å²) in [5.41, 5.74) is 0.780. The predicted molar refractivity (Wildman–Crippen MR) is 83.2 cm³/mol. The van der Waals surface area contributed by atoms with Crippen LogP contribution >= 0.6 is 0 Å². The monoisotopic (exact) mass is 293 g/mol. The van der Waals surface area contributed by atoms with Crippen molar-refractivity contribution in [1.29, 1.82) is 0 Å². The Morgan fingerprint density at radius 1 is 1.43 bits per heavy atom. The quantitative estimate of drug-likeness (QED) is 0.912. The highest BCUT2D eigenvalue weighted by atomic mass is 16.6. The third kappa shape index (κ3) is 4.00. The molecule has 118 valence electrons. The zero-order valence-corrected chi connectivity index (χ0v) is 13.7. The Kier molecular flexibility index (Phi) is 4.61. The zero-order chi connectivity index (χ0) is 15.6. The number of hydrogen-bond donors (Lipinski definition) is 1. The van der Waals surface area contributed by atoms with E-state index in [1.54, 1.807) is 0 Å². The molecule has 0 unspecified atom stereocenters. The summed E-state index contributed by atoms with van der Waals surface area (Å²) in [7, 11) is 0. The van der Waals surface area contributed by atoms with Gasteiger partial charge in [0, 0.05) is 43.6 Å². The van der Waals surface area contributed by atoms with Gasteiger partial charge in [-0.15, -0.1) is 0 Å². The van der Waals surface area contributed by atoms with E-state index in [0.29, 0.717) is 25.2 Å². The fourth-order valence-corrected chi connectivity index (χ4v) is 2.82. The van der Waals surface area contributed by atoms with Crippen LogP contribution in [-0.2, 0) is 4.74 Å². The largest absolute Gasteiger partial charge is 0.444 e.